The molecule has 0 aromatic rings. The Bertz CT molecular complexity index is 282. The van der Waals surface area contributed by atoms with Crippen LogP contribution in [0.25, 0.3) is 0 Å². The molecule has 0 amide bonds. The maximum Gasteiger partial charge on any atom is 0.138 e. The van der Waals surface area contributed by atoms with Crippen LogP contribution in [0.3, 0.4) is 0 Å². The molecule has 0 aliphatic heterocycles. The normalized spacial score (nSPS) is 52.2. The Morgan fingerprint density at radius 2 is 1.56 bits per heavy atom. The van der Waals surface area contributed by atoms with Gasteiger partial charge in [0.25, 0.3) is 0 Å². The van der Waals surface area contributed by atoms with Crippen molar-refractivity contribution in [1.29, 1.82) is 0 Å². The van der Waals surface area contributed by atoms with Crippen LogP contribution in [0.2, 0.25) is 0 Å². The van der Waals surface area contributed by atoms with Gasteiger partial charge in [-0.25, -0.2) is 0 Å². The Morgan fingerprint density at radius 1 is 0.875 bits per heavy atom. The Balaban J connectivity index is 1.69. The lowest BCUT2D eigenvalue weighted by atomic mass is 9.67. The molecule has 3 aliphatic carbocycles. The van der Waals surface area contributed by atoms with Gasteiger partial charge in [-0.2, -0.15) is 0 Å². The molecule has 2 bridgehead atoms. The number of hydrogen-bond donors (Lipinski definition) is 0. The number of fused-ring (bicyclic) bond motifs is 2. The van der Waals surface area contributed by atoms with E-state index in [0.29, 0.717) is 17.6 Å². The van der Waals surface area contributed by atoms with Crippen LogP contribution < -0.4 is 0 Å². The quantitative estimate of drug-likeness (QED) is 0.659. The SMILES string of the molecule is C[C@@H]1CC([C@@H]2C[C@H]3CC[C@H]2C3)C[C@@H](C)C1=O. The van der Waals surface area contributed by atoms with Gasteiger partial charge in [0.2, 0.25) is 0 Å². The van der Waals surface area contributed by atoms with Crippen molar-refractivity contribution in [2.24, 2.45) is 35.5 Å². The van der Waals surface area contributed by atoms with E-state index in [1.54, 1.807) is 0 Å². The summed E-state index contributed by atoms with van der Waals surface area (Å²) >= 11 is 0. The van der Waals surface area contributed by atoms with Gasteiger partial charge in [-0.3, -0.25) is 4.79 Å². The van der Waals surface area contributed by atoms with Crippen LogP contribution in [0.4, 0.5) is 0 Å². The molecule has 3 saturated carbocycles. The number of Topliss-reactive ketones (excluding diaryl/α,β-unsaturated/α-hetero) is 1. The minimum Gasteiger partial charge on any atom is -0.299 e. The average Bonchev–Trinajstić information content (AvgIpc) is 2.86. The second-order valence-electron chi connectivity index (χ2n) is 6.77. The topological polar surface area (TPSA) is 17.1 Å². The highest BCUT2D eigenvalue weighted by Gasteiger charge is 2.45. The monoisotopic (exact) mass is 220 g/mol. The zero-order valence-electron chi connectivity index (χ0n) is 10.6. The van der Waals surface area contributed by atoms with Gasteiger partial charge in [-0.05, 0) is 55.8 Å². The second-order valence-corrected chi connectivity index (χ2v) is 6.77. The molecule has 3 rings (SSSR count). The highest BCUT2D eigenvalue weighted by Crippen LogP contribution is 2.54. The summed E-state index contributed by atoms with van der Waals surface area (Å²) in [5.41, 5.74) is 0. The maximum atomic E-state index is 11.8. The molecule has 0 aromatic carbocycles. The van der Waals surface area contributed by atoms with Crippen molar-refractivity contribution >= 4 is 5.78 Å². The van der Waals surface area contributed by atoms with Crippen LogP contribution in [-0.4, -0.2) is 5.78 Å². The number of carbonyl (C=O) groups is 1. The van der Waals surface area contributed by atoms with Crippen LogP contribution in [0.15, 0.2) is 0 Å². The van der Waals surface area contributed by atoms with Crippen LogP contribution >= 0.6 is 0 Å². The van der Waals surface area contributed by atoms with E-state index in [1.807, 2.05) is 0 Å². The van der Waals surface area contributed by atoms with Crippen molar-refractivity contribution < 1.29 is 4.79 Å². The van der Waals surface area contributed by atoms with Crippen molar-refractivity contribution in [3.63, 3.8) is 0 Å². The molecule has 1 nitrogen and oxygen atoms in total. The van der Waals surface area contributed by atoms with E-state index in [1.165, 1.54) is 38.5 Å². The first kappa shape index (κ1) is 10.8. The van der Waals surface area contributed by atoms with E-state index < -0.39 is 0 Å². The lowest BCUT2D eigenvalue weighted by Gasteiger charge is -2.37. The summed E-state index contributed by atoms with van der Waals surface area (Å²) in [5.74, 6) is 5.15. The van der Waals surface area contributed by atoms with E-state index in [9.17, 15) is 4.79 Å². The maximum absolute atomic E-state index is 11.8. The molecule has 3 aliphatic rings. The number of hydrogen-bond acceptors (Lipinski definition) is 1. The van der Waals surface area contributed by atoms with Gasteiger partial charge in [0, 0.05) is 11.8 Å². The second kappa shape index (κ2) is 3.85. The van der Waals surface area contributed by atoms with E-state index in [4.69, 9.17) is 0 Å². The van der Waals surface area contributed by atoms with Crippen LogP contribution in [0.5, 0.6) is 0 Å². The van der Waals surface area contributed by atoms with E-state index in [-0.39, 0.29) is 0 Å². The van der Waals surface area contributed by atoms with E-state index >= 15 is 0 Å². The fourth-order valence-electron chi connectivity index (χ4n) is 4.94. The Labute approximate surface area is 99.0 Å². The van der Waals surface area contributed by atoms with Gasteiger partial charge in [-0.15, -0.1) is 0 Å². The largest absolute Gasteiger partial charge is 0.299 e. The van der Waals surface area contributed by atoms with Gasteiger partial charge in [0.15, 0.2) is 0 Å². The van der Waals surface area contributed by atoms with E-state index in [0.717, 1.165) is 23.7 Å². The zero-order valence-corrected chi connectivity index (χ0v) is 10.6. The summed E-state index contributed by atoms with van der Waals surface area (Å²) in [6.07, 6.45) is 8.37. The third kappa shape index (κ3) is 1.63. The molecule has 90 valence electrons. The van der Waals surface area contributed by atoms with E-state index in [2.05, 4.69) is 13.8 Å². The summed E-state index contributed by atoms with van der Waals surface area (Å²) in [6.45, 7) is 4.30. The van der Waals surface area contributed by atoms with Crippen molar-refractivity contribution in [3.05, 3.63) is 0 Å². The molecule has 3 fully saturated rings. The highest BCUT2D eigenvalue weighted by atomic mass is 16.1. The number of carbonyl (C=O) groups excluding carboxylic acids is 1. The van der Waals surface area contributed by atoms with Gasteiger partial charge < -0.3 is 0 Å². The first-order valence-electron chi connectivity index (χ1n) is 7.19. The molecule has 0 saturated heterocycles. The predicted octanol–water partition coefficient (Wildman–Crippen LogP) is 3.67. The summed E-state index contributed by atoms with van der Waals surface area (Å²) < 4.78 is 0. The molecule has 16 heavy (non-hydrogen) atoms. The fourth-order valence-corrected chi connectivity index (χ4v) is 4.94. The summed E-state index contributed by atoms with van der Waals surface area (Å²) in [7, 11) is 0. The minimum atomic E-state index is 0.341. The minimum absolute atomic E-state index is 0.341. The third-order valence-corrected chi connectivity index (χ3v) is 5.68. The Hall–Kier alpha value is -0.330. The zero-order chi connectivity index (χ0) is 11.3. The lowest BCUT2D eigenvalue weighted by Crippen LogP contribution is -2.34. The molecular formula is C15H24O. The molecule has 0 unspecified atom stereocenters. The molecule has 0 heterocycles. The first-order chi connectivity index (χ1) is 7.65. The molecule has 0 radical (unpaired) electrons. The molecule has 0 aromatic heterocycles. The van der Waals surface area contributed by atoms with Crippen LogP contribution in [0, 0.1) is 35.5 Å². The number of rotatable bonds is 1. The first-order valence-corrected chi connectivity index (χ1v) is 7.19. The summed E-state index contributed by atoms with van der Waals surface area (Å²) in [4.78, 5) is 11.8. The standard InChI is InChI=1S/C15H24O/c1-9-5-13(6-10(2)15(9)16)14-8-11-3-4-12(14)7-11/h9-14H,3-8H2,1-2H3/t9-,10-,11+,12+,14-/m1/s1. The van der Waals surface area contributed by atoms with Gasteiger partial charge in [0.1, 0.15) is 5.78 Å². The summed E-state index contributed by atoms with van der Waals surface area (Å²) in [5, 5.41) is 0. The average molecular weight is 220 g/mol. The smallest absolute Gasteiger partial charge is 0.138 e. The molecule has 0 spiro atoms. The van der Waals surface area contributed by atoms with Crippen molar-refractivity contribution in [1.82, 2.24) is 0 Å². The highest BCUT2D eigenvalue weighted by molar-refractivity contribution is 5.83. The fraction of sp³-hybridized carbons (Fsp3) is 0.933. The lowest BCUT2D eigenvalue weighted by molar-refractivity contribution is -0.130. The third-order valence-electron chi connectivity index (χ3n) is 5.68. The van der Waals surface area contributed by atoms with Crippen molar-refractivity contribution in [2.75, 3.05) is 0 Å². The van der Waals surface area contributed by atoms with Gasteiger partial charge in [-0.1, -0.05) is 20.3 Å². The number of ketones is 1. The molecule has 5 atom stereocenters. The summed E-state index contributed by atoms with van der Waals surface area (Å²) in [6, 6.07) is 0. The molecule has 0 N–H and O–H groups in total. The molecular weight excluding hydrogens is 196 g/mol. The Morgan fingerprint density at radius 3 is 2.06 bits per heavy atom. The van der Waals surface area contributed by atoms with Gasteiger partial charge in [0.05, 0.1) is 0 Å². The van der Waals surface area contributed by atoms with Crippen molar-refractivity contribution in [3.8, 4) is 0 Å². The van der Waals surface area contributed by atoms with Crippen LogP contribution in [0.1, 0.15) is 52.4 Å². The molecule has 1 heteroatoms. The predicted molar refractivity (Wildman–Crippen MR) is 65.0 cm³/mol. The van der Waals surface area contributed by atoms with Crippen LogP contribution in [-0.2, 0) is 4.79 Å². The van der Waals surface area contributed by atoms with Gasteiger partial charge >= 0.3 is 0 Å². The van der Waals surface area contributed by atoms with Crippen molar-refractivity contribution in [2.45, 2.75) is 52.4 Å². The Kier molecular flexibility index (Phi) is 2.60.